The minimum absolute atomic E-state index is 0.139. The highest BCUT2D eigenvalue weighted by Gasteiger charge is 2.20. The molecule has 0 fully saturated rings. The smallest absolute Gasteiger partial charge is 0.263 e. The molecule has 2 rings (SSSR count). The second kappa shape index (κ2) is 3.98. The molecule has 0 amide bonds. The largest absolute Gasteiger partial charge is 0.361 e. The van der Waals surface area contributed by atoms with E-state index in [2.05, 4.69) is 36.1 Å². The van der Waals surface area contributed by atoms with Gasteiger partial charge in [-0.25, -0.2) is 0 Å². The minimum atomic E-state index is 0.139. The second-order valence-electron chi connectivity index (χ2n) is 5.45. The number of rotatable bonds is 2. The summed E-state index contributed by atoms with van der Waals surface area (Å²) in [6.07, 6.45) is 0.778. The molecule has 5 nitrogen and oxygen atoms in total. The molecule has 0 aliphatic carbocycles. The van der Waals surface area contributed by atoms with Crippen LogP contribution in [-0.4, -0.2) is 15.3 Å². The lowest BCUT2D eigenvalue weighted by Crippen LogP contribution is -2.10. The van der Waals surface area contributed by atoms with Gasteiger partial charge >= 0.3 is 0 Å². The Morgan fingerprint density at radius 1 is 1.06 bits per heavy atom. The molecule has 0 radical (unpaired) electrons. The third-order valence-corrected chi connectivity index (χ3v) is 2.40. The molecule has 0 bridgehead atoms. The van der Waals surface area contributed by atoms with Crippen LogP contribution in [-0.2, 0) is 6.42 Å². The summed E-state index contributed by atoms with van der Waals surface area (Å²) in [6, 6.07) is 0. The molecule has 0 atom stereocenters. The van der Waals surface area contributed by atoms with Crippen molar-refractivity contribution >= 4 is 0 Å². The number of hydrogen-bond acceptors (Lipinski definition) is 5. The number of aryl methyl sites for hydroxylation is 2. The maximum atomic E-state index is 5.26. The molecule has 0 aliphatic rings. The van der Waals surface area contributed by atoms with Crippen LogP contribution in [0.2, 0.25) is 0 Å². The van der Waals surface area contributed by atoms with Crippen molar-refractivity contribution in [3.63, 3.8) is 0 Å². The first-order valence-electron chi connectivity index (χ1n) is 5.62. The van der Waals surface area contributed by atoms with Crippen LogP contribution in [0.25, 0.3) is 11.5 Å². The Morgan fingerprint density at radius 2 is 1.76 bits per heavy atom. The normalized spacial score (nSPS) is 12.1. The molecule has 17 heavy (non-hydrogen) atoms. The van der Waals surface area contributed by atoms with E-state index in [1.807, 2.05) is 13.8 Å². The SMILES string of the molecule is Cc1noc(C)c1-c1nc(CC(C)(C)C)no1. The fourth-order valence-corrected chi connectivity index (χ4v) is 1.69. The third kappa shape index (κ3) is 2.54. The quantitative estimate of drug-likeness (QED) is 0.800. The predicted octanol–water partition coefficient (Wildman–Crippen LogP) is 2.93. The summed E-state index contributed by atoms with van der Waals surface area (Å²) in [5, 5.41) is 7.86. The summed E-state index contributed by atoms with van der Waals surface area (Å²) in [7, 11) is 0. The molecule has 0 saturated carbocycles. The van der Waals surface area contributed by atoms with Gasteiger partial charge in [0, 0.05) is 6.42 Å². The number of aromatic nitrogens is 3. The lowest BCUT2D eigenvalue weighted by molar-refractivity contribution is 0.373. The first-order chi connectivity index (χ1) is 7.87. The van der Waals surface area contributed by atoms with Crippen molar-refractivity contribution in [2.45, 2.75) is 41.0 Å². The molecule has 5 heteroatoms. The van der Waals surface area contributed by atoms with E-state index in [1.165, 1.54) is 0 Å². The second-order valence-corrected chi connectivity index (χ2v) is 5.45. The zero-order chi connectivity index (χ0) is 12.6. The first-order valence-corrected chi connectivity index (χ1v) is 5.62. The Labute approximate surface area is 100 Å². The monoisotopic (exact) mass is 235 g/mol. The van der Waals surface area contributed by atoms with Gasteiger partial charge in [0.25, 0.3) is 5.89 Å². The van der Waals surface area contributed by atoms with Gasteiger partial charge in [0.15, 0.2) is 5.82 Å². The van der Waals surface area contributed by atoms with Crippen LogP contribution < -0.4 is 0 Å². The standard InChI is InChI=1S/C12H17N3O2/c1-7-10(8(2)16-14-7)11-13-9(15-17-11)6-12(3,4)5/h6H2,1-5H3. The van der Waals surface area contributed by atoms with Gasteiger partial charge < -0.3 is 9.05 Å². The summed E-state index contributed by atoms with van der Waals surface area (Å²) in [5.41, 5.74) is 1.71. The Hall–Kier alpha value is -1.65. The molecule has 0 spiro atoms. The molecular formula is C12H17N3O2. The summed E-state index contributed by atoms with van der Waals surface area (Å²) in [6.45, 7) is 10.1. The summed E-state index contributed by atoms with van der Waals surface area (Å²) in [4.78, 5) is 4.38. The predicted molar refractivity (Wildman–Crippen MR) is 62.4 cm³/mol. The van der Waals surface area contributed by atoms with Gasteiger partial charge in [-0.05, 0) is 19.3 Å². The zero-order valence-electron chi connectivity index (χ0n) is 10.9. The summed E-state index contributed by atoms with van der Waals surface area (Å²) in [5.74, 6) is 1.90. The van der Waals surface area contributed by atoms with E-state index in [9.17, 15) is 0 Å². The van der Waals surface area contributed by atoms with Crippen molar-refractivity contribution < 1.29 is 9.05 Å². The van der Waals surface area contributed by atoms with E-state index in [1.54, 1.807) is 0 Å². The van der Waals surface area contributed by atoms with Crippen LogP contribution in [0.1, 0.15) is 38.0 Å². The summed E-state index contributed by atoms with van der Waals surface area (Å²) < 4.78 is 10.3. The number of nitrogens with zero attached hydrogens (tertiary/aromatic N) is 3. The van der Waals surface area contributed by atoms with Crippen LogP contribution in [0, 0.1) is 19.3 Å². The Balaban J connectivity index is 2.30. The van der Waals surface area contributed by atoms with Crippen molar-refractivity contribution in [3.05, 3.63) is 17.3 Å². The first kappa shape index (κ1) is 11.8. The fraction of sp³-hybridized carbons (Fsp3) is 0.583. The molecular weight excluding hydrogens is 218 g/mol. The van der Waals surface area contributed by atoms with E-state index < -0.39 is 0 Å². The third-order valence-electron chi connectivity index (χ3n) is 2.40. The molecule has 2 aromatic rings. The van der Waals surface area contributed by atoms with Crippen LogP contribution in [0.15, 0.2) is 9.05 Å². The highest BCUT2D eigenvalue weighted by molar-refractivity contribution is 5.57. The average molecular weight is 235 g/mol. The Kier molecular flexibility index (Phi) is 2.77. The topological polar surface area (TPSA) is 65.0 Å². The zero-order valence-corrected chi connectivity index (χ0v) is 10.9. The van der Waals surface area contributed by atoms with Gasteiger partial charge in [-0.3, -0.25) is 0 Å². The van der Waals surface area contributed by atoms with Crippen LogP contribution in [0.4, 0.5) is 0 Å². The molecule has 0 unspecified atom stereocenters. The Morgan fingerprint density at radius 3 is 2.29 bits per heavy atom. The van der Waals surface area contributed by atoms with Crippen molar-refractivity contribution in [3.8, 4) is 11.5 Å². The van der Waals surface area contributed by atoms with Crippen molar-refractivity contribution in [2.24, 2.45) is 5.41 Å². The van der Waals surface area contributed by atoms with E-state index >= 15 is 0 Å². The van der Waals surface area contributed by atoms with Gasteiger partial charge in [0.2, 0.25) is 0 Å². The van der Waals surface area contributed by atoms with Crippen molar-refractivity contribution in [2.75, 3.05) is 0 Å². The van der Waals surface area contributed by atoms with Crippen LogP contribution >= 0.6 is 0 Å². The van der Waals surface area contributed by atoms with Crippen LogP contribution in [0.5, 0.6) is 0 Å². The van der Waals surface area contributed by atoms with Gasteiger partial charge in [-0.2, -0.15) is 4.98 Å². The molecule has 0 aliphatic heterocycles. The molecule has 0 aromatic carbocycles. The lowest BCUT2D eigenvalue weighted by atomic mass is 9.92. The van der Waals surface area contributed by atoms with Crippen LogP contribution in [0.3, 0.4) is 0 Å². The maximum Gasteiger partial charge on any atom is 0.263 e. The van der Waals surface area contributed by atoms with E-state index in [0.717, 1.165) is 17.7 Å². The van der Waals surface area contributed by atoms with Gasteiger partial charge in [-0.15, -0.1) is 0 Å². The molecule has 0 saturated heterocycles. The number of hydrogen-bond donors (Lipinski definition) is 0. The molecule has 2 aromatic heterocycles. The summed E-state index contributed by atoms with van der Waals surface area (Å²) >= 11 is 0. The van der Waals surface area contributed by atoms with E-state index in [0.29, 0.717) is 17.5 Å². The Bertz CT molecular complexity index is 501. The van der Waals surface area contributed by atoms with Crippen molar-refractivity contribution in [1.82, 2.24) is 15.3 Å². The van der Waals surface area contributed by atoms with Crippen molar-refractivity contribution in [1.29, 1.82) is 0 Å². The van der Waals surface area contributed by atoms with E-state index in [-0.39, 0.29) is 5.41 Å². The van der Waals surface area contributed by atoms with Gasteiger partial charge in [-0.1, -0.05) is 31.1 Å². The highest BCUT2D eigenvalue weighted by Crippen LogP contribution is 2.26. The van der Waals surface area contributed by atoms with E-state index in [4.69, 9.17) is 9.05 Å². The van der Waals surface area contributed by atoms with Gasteiger partial charge in [0.05, 0.1) is 5.69 Å². The maximum absolute atomic E-state index is 5.26. The van der Waals surface area contributed by atoms with Gasteiger partial charge in [0.1, 0.15) is 11.3 Å². The highest BCUT2D eigenvalue weighted by atomic mass is 16.5. The fourth-order valence-electron chi connectivity index (χ4n) is 1.69. The molecule has 0 N–H and O–H groups in total. The molecule has 92 valence electrons. The molecule has 2 heterocycles. The average Bonchev–Trinajstić information content (AvgIpc) is 2.71. The minimum Gasteiger partial charge on any atom is -0.361 e. The lowest BCUT2D eigenvalue weighted by Gasteiger charge is -2.14.